The topological polar surface area (TPSA) is 96.9 Å². The van der Waals surface area contributed by atoms with Gasteiger partial charge in [0.2, 0.25) is 15.9 Å². The van der Waals surface area contributed by atoms with Crippen LogP contribution in [-0.2, 0) is 39.1 Å². The van der Waals surface area contributed by atoms with Gasteiger partial charge < -0.3 is 4.74 Å². The minimum atomic E-state index is -3.77. The lowest BCUT2D eigenvalue weighted by Gasteiger charge is -2.28. The normalized spacial score (nSPS) is 13.8. The number of carbonyl (C=O) groups is 2. The molecule has 1 aliphatic heterocycles. The molecule has 0 fully saturated rings. The molecule has 4 rings (SSSR count). The average Bonchev–Trinajstić information content (AvgIpc) is 3.31. The van der Waals surface area contributed by atoms with Gasteiger partial charge in [-0.2, -0.15) is 4.31 Å². The van der Waals surface area contributed by atoms with E-state index in [9.17, 15) is 18.0 Å². The molecule has 1 aliphatic rings. The Hall–Kier alpha value is -3.08. The Balaban J connectivity index is 1.45. The summed E-state index contributed by atoms with van der Waals surface area (Å²) in [6.07, 6.45) is 0.645. The monoisotopic (exact) mass is 499 g/mol. The van der Waals surface area contributed by atoms with Crippen LogP contribution in [0, 0.1) is 0 Å². The maximum atomic E-state index is 13.2. The number of amides is 1. The summed E-state index contributed by atoms with van der Waals surface area (Å²) in [4.78, 5) is 30.2. The molecule has 3 aromatic rings. The number of esters is 1. The Labute approximate surface area is 202 Å². The number of hydrogen-bond donors (Lipinski definition) is 0. The van der Waals surface area contributed by atoms with Crippen molar-refractivity contribution in [3.63, 3.8) is 0 Å². The van der Waals surface area contributed by atoms with Crippen LogP contribution in [0.2, 0.25) is 0 Å². The summed E-state index contributed by atoms with van der Waals surface area (Å²) < 4.78 is 33.3. The quantitative estimate of drug-likeness (QED) is 0.461. The first-order chi connectivity index (χ1) is 16.3. The van der Waals surface area contributed by atoms with Crippen LogP contribution in [0.4, 0.5) is 5.13 Å². The van der Waals surface area contributed by atoms with Gasteiger partial charge >= 0.3 is 5.97 Å². The average molecular weight is 500 g/mol. The van der Waals surface area contributed by atoms with Crippen molar-refractivity contribution in [2.75, 3.05) is 18.0 Å². The summed E-state index contributed by atoms with van der Waals surface area (Å²) in [6, 6.07) is 13.7. The molecule has 0 spiro atoms. The highest BCUT2D eigenvalue weighted by Gasteiger charge is 2.29. The fourth-order valence-corrected chi connectivity index (χ4v) is 6.19. The molecule has 2 heterocycles. The molecule has 178 valence electrons. The van der Waals surface area contributed by atoms with Crippen LogP contribution < -0.4 is 4.90 Å². The van der Waals surface area contributed by atoms with Gasteiger partial charge in [0, 0.05) is 31.9 Å². The lowest BCUT2D eigenvalue weighted by atomic mass is 10.0. The number of nitrogens with zero attached hydrogens (tertiary/aromatic N) is 3. The highest BCUT2D eigenvalue weighted by Crippen LogP contribution is 2.26. The molecule has 10 heteroatoms. The molecule has 0 saturated heterocycles. The molecule has 0 N–H and O–H groups in total. The van der Waals surface area contributed by atoms with Crippen molar-refractivity contribution in [3.8, 4) is 0 Å². The Kier molecular flexibility index (Phi) is 7.11. The summed E-state index contributed by atoms with van der Waals surface area (Å²) in [5.74, 6) is -0.759. The van der Waals surface area contributed by atoms with Gasteiger partial charge in [-0.1, -0.05) is 30.3 Å². The highest BCUT2D eigenvalue weighted by atomic mass is 32.2. The summed E-state index contributed by atoms with van der Waals surface area (Å²) in [5.41, 5.74) is 2.81. The van der Waals surface area contributed by atoms with Gasteiger partial charge in [0.15, 0.2) is 5.13 Å². The van der Waals surface area contributed by atoms with Crippen molar-refractivity contribution < 1.29 is 22.7 Å². The van der Waals surface area contributed by atoms with Crippen LogP contribution in [0.25, 0.3) is 0 Å². The number of ether oxygens (including phenoxy) is 1. The van der Waals surface area contributed by atoms with E-state index in [1.54, 1.807) is 5.38 Å². The second kappa shape index (κ2) is 10.0. The number of aromatic nitrogens is 1. The van der Waals surface area contributed by atoms with E-state index in [0.29, 0.717) is 36.9 Å². The number of fused-ring (bicyclic) bond motifs is 1. The predicted octanol–water partition coefficient (Wildman–Crippen LogP) is 3.62. The van der Waals surface area contributed by atoms with Crippen molar-refractivity contribution in [2.45, 2.75) is 38.3 Å². The number of carbonyl (C=O) groups excluding carboxylic acids is 2. The zero-order valence-corrected chi connectivity index (χ0v) is 20.6. The number of sulfonamides is 1. The molecule has 8 nitrogen and oxygen atoms in total. The molecule has 0 aliphatic carbocycles. The molecule has 0 saturated carbocycles. The van der Waals surface area contributed by atoms with E-state index in [4.69, 9.17) is 4.74 Å². The third-order valence-electron chi connectivity index (χ3n) is 5.62. The second-order valence-corrected chi connectivity index (χ2v) is 10.6. The molecule has 0 atom stereocenters. The lowest BCUT2D eigenvalue weighted by molar-refractivity contribution is -0.116. The third kappa shape index (κ3) is 5.03. The maximum absolute atomic E-state index is 13.2. The number of rotatable bonds is 7. The van der Waals surface area contributed by atoms with Crippen LogP contribution in [-0.4, -0.2) is 42.7 Å². The first-order valence-corrected chi connectivity index (χ1v) is 13.2. The second-order valence-electron chi connectivity index (χ2n) is 7.85. The first kappa shape index (κ1) is 24.1. The fraction of sp³-hybridized carbons (Fsp3) is 0.292. The zero-order chi connectivity index (χ0) is 24.3. The van der Waals surface area contributed by atoms with E-state index >= 15 is 0 Å². The van der Waals surface area contributed by atoms with Crippen LogP contribution in [0.15, 0.2) is 58.8 Å². The SMILES string of the molecule is CCN(C(C)=O)c1nc(COC(=O)c2cccc(S(=O)(=O)N3CCc4ccccc4C3)c2)cs1. The summed E-state index contributed by atoms with van der Waals surface area (Å²) in [7, 11) is -3.77. The molecule has 0 bridgehead atoms. The van der Waals surface area contributed by atoms with Crippen LogP contribution in [0.1, 0.15) is 41.0 Å². The van der Waals surface area contributed by atoms with Crippen LogP contribution >= 0.6 is 11.3 Å². The lowest BCUT2D eigenvalue weighted by Crippen LogP contribution is -2.36. The van der Waals surface area contributed by atoms with Crippen molar-refractivity contribution in [1.82, 2.24) is 9.29 Å². The van der Waals surface area contributed by atoms with Crippen LogP contribution in [0.3, 0.4) is 0 Å². The fourth-order valence-electron chi connectivity index (χ4n) is 3.81. The molecule has 2 aromatic carbocycles. The van der Waals surface area contributed by atoms with Crippen molar-refractivity contribution in [2.24, 2.45) is 0 Å². The molecule has 34 heavy (non-hydrogen) atoms. The van der Waals surface area contributed by atoms with E-state index in [1.165, 1.54) is 51.7 Å². The highest BCUT2D eigenvalue weighted by molar-refractivity contribution is 7.89. The Morgan fingerprint density at radius 1 is 1.15 bits per heavy atom. The van der Waals surface area contributed by atoms with Gasteiger partial charge in [-0.15, -0.1) is 11.3 Å². The summed E-state index contributed by atoms with van der Waals surface area (Å²) in [6.45, 7) is 4.42. The minimum absolute atomic E-state index is 0.0531. The molecular formula is C24H25N3O5S2. The molecular weight excluding hydrogens is 474 g/mol. The standard InChI is InChI=1S/C24H25N3O5S2/c1-3-27(17(2)28)24-25-21(16-33-24)15-32-23(29)19-9-6-10-22(13-19)34(30,31)26-12-11-18-7-4-5-8-20(18)14-26/h4-10,13,16H,3,11-12,14-15H2,1-2H3. The van der Waals surface area contributed by atoms with Crippen molar-refractivity contribution in [1.29, 1.82) is 0 Å². The van der Waals surface area contributed by atoms with Gasteiger partial charge in [0.1, 0.15) is 6.61 Å². The van der Waals surface area contributed by atoms with Gasteiger partial charge in [-0.25, -0.2) is 18.2 Å². The number of anilines is 1. The van der Waals surface area contributed by atoms with Crippen LogP contribution in [0.5, 0.6) is 0 Å². The zero-order valence-electron chi connectivity index (χ0n) is 18.9. The number of benzene rings is 2. The van der Waals surface area contributed by atoms with Gasteiger partial charge in [0.25, 0.3) is 0 Å². The Morgan fingerprint density at radius 3 is 2.65 bits per heavy atom. The van der Waals surface area contributed by atoms with Crippen molar-refractivity contribution in [3.05, 3.63) is 76.3 Å². The molecule has 0 unspecified atom stereocenters. The first-order valence-electron chi connectivity index (χ1n) is 10.9. The van der Waals surface area contributed by atoms with Crippen molar-refractivity contribution >= 4 is 38.4 Å². The Bertz CT molecular complexity index is 1320. The van der Waals surface area contributed by atoms with Gasteiger partial charge in [0.05, 0.1) is 16.2 Å². The molecule has 1 amide bonds. The molecule has 0 radical (unpaired) electrons. The van der Waals surface area contributed by atoms with E-state index < -0.39 is 16.0 Å². The molecule has 1 aromatic heterocycles. The number of hydrogen-bond acceptors (Lipinski definition) is 7. The smallest absolute Gasteiger partial charge is 0.338 e. The van der Waals surface area contributed by atoms with Gasteiger partial charge in [-0.3, -0.25) is 9.69 Å². The van der Waals surface area contributed by atoms with E-state index in [0.717, 1.165) is 11.1 Å². The largest absolute Gasteiger partial charge is 0.456 e. The van der Waals surface area contributed by atoms with Gasteiger partial charge in [-0.05, 0) is 42.7 Å². The maximum Gasteiger partial charge on any atom is 0.338 e. The predicted molar refractivity (Wildman–Crippen MR) is 129 cm³/mol. The van der Waals surface area contributed by atoms with E-state index in [-0.39, 0.29) is 23.0 Å². The Morgan fingerprint density at radius 2 is 1.91 bits per heavy atom. The number of thiazole rings is 1. The summed E-state index contributed by atoms with van der Waals surface area (Å²) in [5, 5.41) is 2.26. The van der Waals surface area contributed by atoms with E-state index in [1.807, 2.05) is 31.2 Å². The third-order valence-corrected chi connectivity index (χ3v) is 8.37. The summed E-state index contributed by atoms with van der Waals surface area (Å²) >= 11 is 1.29. The van der Waals surface area contributed by atoms with E-state index in [2.05, 4.69) is 4.98 Å². The minimum Gasteiger partial charge on any atom is -0.456 e.